The third kappa shape index (κ3) is 3.88. The third-order valence-corrected chi connectivity index (χ3v) is 6.54. The smallest absolute Gasteiger partial charge is 0.0630 e. The van der Waals surface area contributed by atoms with Gasteiger partial charge in [0, 0.05) is 37.6 Å². The number of nitrogens with zero attached hydrogens (tertiary/aromatic N) is 2. The van der Waals surface area contributed by atoms with Crippen molar-refractivity contribution in [1.29, 1.82) is 0 Å². The van der Waals surface area contributed by atoms with Gasteiger partial charge < -0.3 is 10.2 Å². The molecule has 156 valence electrons. The molecular weight excluding hydrogens is 378 g/mol. The zero-order valence-corrected chi connectivity index (χ0v) is 18.4. The van der Waals surface area contributed by atoms with Gasteiger partial charge in [0.25, 0.3) is 0 Å². The summed E-state index contributed by atoms with van der Waals surface area (Å²) < 4.78 is 0. The predicted molar refractivity (Wildman–Crippen MR) is 132 cm³/mol. The Bertz CT molecular complexity index is 1120. The second-order valence-corrected chi connectivity index (χ2v) is 8.90. The zero-order valence-electron chi connectivity index (χ0n) is 18.4. The Labute approximate surface area is 185 Å². The van der Waals surface area contributed by atoms with Crippen molar-refractivity contribution in [2.45, 2.75) is 25.3 Å². The third-order valence-electron chi connectivity index (χ3n) is 6.54. The summed E-state index contributed by atoms with van der Waals surface area (Å²) in [6.45, 7) is 2.18. The number of allylic oxidation sites excluding steroid dienone is 2. The second kappa shape index (κ2) is 8.07. The summed E-state index contributed by atoms with van der Waals surface area (Å²) >= 11 is 0. The first-order valence-electron chi connectivity index (χ1n) is 11.0. The summed E-state index contributed by atoms with van der Waals surface area (Å²) in [5.41, 5.74) is 8.65. The average Bonchev–Trinajstić information content (AvgIpc) is 3.28. The molecule has 0 saturated heterocycles. The Hall–Kier alpha value is -3.33. The van der Waals surface area contributed by atoms with Crippen LogP contribution in [0.2, 0.25) is 0 Å². The van der Waals surface area contributed by atoms with Crippen LogP contribution in [0.25, 0.3) is 0 Å². The van der Waals surface area contributed by atoms with Gasteiger partial charge in [0.05, 0.1) is 11.7 Å². The molecule has 0 spiro atoms. The maximum absolute atomic E-state index is 4.68. The Balaban J connectivity index is 1.34. The van der Waals surface area contributed by atoms with Gasteiger partial charge in [-0.2, -0.15) is 0 Å². The first kappa shape index (κ1) is 19.6. The van der Waals surface area contributed by atoms with Crippen LogP contribution in [0, 0.1) is 12.8 Å². The molecule has 0 saturated carbocycles. The van der Waals surface area contributed by atoms with Crippen LogP contribution in [0.1, 0.15) is 40.6 Å². The number of nitrogens with one attached hydrogen (secondary N) is 1. The van der Waals surface area contributed by atoms with E-state index >= 15 is 0 Å². The molecule has 1 aliphatic carbocycles. The largest absolute Gasteiger partial charge is 0.378 e. The van der Waals surface area contributed by atoms with Crippen LogP contribution < -0.4 is 10.2 Å². The predicted octanol–water partition coefficient (Wildman–Crippen LogP) is 6.64. The number of hydrogen-bond acceptors (Lipinski definition) is 3. The second-order valence-electron chi connectivity index (χ2n) is 8.90. The fourth-order valence-corrected chi connectivity index (χ4v) is 4.82. The lowest BCUT2D eigenvalue weighted by Crippen LogP contribution is -2.29. The van der Waals surface area contributed by atoms with Gasteiger partial charge in [0.15, 0.2) is 0 Å². The first-order valence-corrected chi connectivity index (χ1v) is 11.0. The van der Waals surface area contributed by atoms with Crippen LogP contribution in [0.3, 0.4) is 0 Å². The fraction of sp³-hybridized carbons (Fsp3) is 0.250. The maximum atomic E-state index is 4.68. The summed E-state index contributed by atoms with van der Waals surface area (Å²) in [6, 6.07) is 24.3. The van der Waals surface area contributed by atoms with Gasteiger partial charge in [-0.15, -0.1) is 0 Å². The molecular formula is C28H29N3. The van der Waals surface area contributed by atoms with Gasteiger partial charge in [0.1, 0.15) is 0 Å². The summed E-state index contributed by atoms with van der Waals surface area (Å²) in [5.74, 6) is 1.07. The molecule has 5 rings (SSSR count). The van der Waals surface area contributed by atoms with Crippen LogP contribution in [0.15, 0.2) is 83.9 Å². The van der Waals surface area contributed by atoms with Crippen molar-refractivity contribution in [2.24, 2.45) is 10.9 Å². The fourth-order valence-electron chi connectivity index (χ4n) is 4.82. The van der Waals surface area contributed by atoms with Crippen molar-refractivity contribution < 1.29 is 0 Å². The van der Waals surface area contributed by atoms with Gasteiger partial charge in [-0.1, -0.05) is 54.1 Å². The van der Waals surface area contributed by atoms with E-state index in [-0.39, 0.29) is 0 Å². The average molecular weight is 408 g/mol. The highest BCUT2D eigenvalue weighted by molar-refractivity contribution is 5.82. The number of fused-ring (bicyclic) bond motifs is 3. The number of rotatable bonds is 4. The van der Waals surface area contributed by atoms with E-state index in [0.29, 0.717) is 17.9 Å². The lowest BCUT2D eigenvalue weighted by molar-refractivity contribution is 0.425. The monoisotopic (exact) mass is 407 g/mol. The highest BCUT2D eigenvalue weighted by atomic mass is 15.1. The molecule has 0 fully saturated rings. The van der Waals surface area contributed by atoms with Crippen molar-refractivity contribution in [3.8, 4) is 0 Å². The van der Waals surface area contributed by atoms with Crippen molar-refractivity contribution in [2.75, 3.05) is 24.3 Å². The van der Waals surface area contributed by atoms with E-state index in [1.165, 1.54) is 28.1 Å². The van der Waals surface area contributed by atoms with Crippen LogP contribution >= 0.6 is 0 Å². The summed E-state index contributed by atoms with van der Waals surface area (Å²) in [6.07, 6.45) is 7.81. The van der Waals surface area contributed by atoms with Gasteiger partial charge >= 0.3 is 0 Å². The lowest BCUT2D eigenvalue weighted by atomic mass is 9.76. The SMILES string of the molecule is Cc1ccc2c(c1)[C@@H]1C=CC[C@H]1[C@H](c1ccc(N=Cc3ccc(N(C)C)cc3)cc1)N2. The Morgan fingerprint density at radius 1 is 0.968 bits per heavy atom. The number of anilines is 2. The molecule has 31 heavy (non-hydrogen) atoms. The molecule has 1 N–H and O–H groups in total. The topological polar surface area (TPSA) is 27.6 Å². The number of aryl methyl sites for hydroxylation is 1. The van der Waals surface area contributed by atoms with Gasteiger partial charge in [-0.3, -0.25) is 4.99 Å². The quantitative estimate of drug-likeness (QED) is 0.388. The molecule has 0 unspecified atom stereocenters. The van der Waals surface area contributed by atoms with Gasteiger partial charge in [-0.05, 0) is 66.3 Å². The molecule has 3 atom stereocenters. The molecule has 3 aromatic rings. The maximum Gasteiger partial charge on any atom is 0.0630 e. The van der Waals surface area contributed by atoms with Crippen LogP contribution in [-0.4, -0.2) is 20.3 Å². The molecule has 0 amide bonds. The molecule has 2 aliphatic rings. The zero-order chi connectivity index (χ0) is 21.4. The molecule has 0 aromatic heterocycles. The molecule has 1 aliphatic heterocycles. The van der Waals surface area contributed by atoms with E-state index in [0.717, 1.165) is 17.7 Å². The van der Waals surface area contributed by atoms with Gasteiger partial charge in [0.2, 0.25) is 0 Å². The standard InChI is InChI=1S/C28H29N3/c1-19-7-16-27-26(17-19)24-5-4-6-25(24)28(30-27)21-10-12-22(13-11-21)29-18-20-8-14-23(15-9-20)31(2)3/h4-5,7-18,24-25,28,30H,6H2,1-3H3/t24-,25-,28+/m1/s1. The molecule has 3 heteroatoms. The molecule has 0 radical (unpaired) electrons. The highest BCUT2D eigenvalue weighted by Crippen LogP contribution is 2.50. The number of hydrogen-bond donors (Lipinski definition) is 1. The Morgan fingerprint density at radius 3 is 2.48 bits per heavy atom. The van der Waals surface area contributed by atoms with Crippen molar-refractivity contribution in [3.05, 3.63) is 101 Å². The van der Waals surface area contributed by atoms with E-state index in [2.05, 4.69) is 115 Å². The van der Waals surface area contributed by atoms with E-state index in [9.17, 15) is 0 Å². The van der Waals surface area contributed by atoms with Crippen molar-refractivity contribution in [3.63, 3.8) is 0 Å². The minimum atomic E-state index is 0.326. The summed E-state index contributed by atoms with van der Waals surface area (Å²) in [5, 5.41) is 3.82. The minimum Gasteiger partial charge on any atom is -0.378 e. The van der Waals surface area contributed by atoms with E-state index in [1.54, 1.807) is 0 Å². The van der Waals surface area contributed by atoms with E-state index in [4.69, 9.17) is 0 Å². The number of benzene rings is 3. The Kier molecular flexibility index (Phi) is 5.11. The lowest BCUT2D eigenvalue weighted by Gasteiger charge is -2.37. The summed E-state index contributed by atoms with van der Waals surface area (Å²) in [4.78, 5) is 6.78. The van der Waals surface area contributed by atoms with Crippen molar-refractivity contribution >= 4 is 23.3 Å². The van der Waals surface area contributed by atoms with Crippen LogP contribution in [-0.2, 0) is 0 Å². The molecule has 0 bridgehead atoms. The number of aliphatic imine (C=N–C) groups is 1. The molecule has 3 aromatic carbocycles. The minimum absolute atomic E-state index is 0.326. The van der Waals surface area contributed by atoms with Crippen molar-refractivity contribution in [1.82, 2.24) is 0 Å². The van der Waals surface area contributed by atoms with Crippen LogP contribution in [0.5, 0.6) is 0 Å². The normalized spacial score (nSPS) is 21.6. The molecule has 1 heterocycles. The highest BCUT2D eigenvalue weighted by Gasteiger charge is 2.37. The van der Waals surface area contributed by atoms with Crippen LogP contribution in [0.4, 0.5) is 17.1 Å². The molecule has 3 nitrogen and oxygen atoms in total. The summed E-state index contributed by atoms with van der Waals surface area (Å²) in [7, 11) is 4.10. The van der Waals surface area contributed by atoms with E-state index < -0.39 is 0 Å². The van der Waals surface area contributed by atoms with E-state index in [1.807, 2.05) is 6.21 Å². The Morgan fingerprint density at radius 2 is 1.74 bits per heavy atom. The first-order chi connectivity index (χ1) is 15.1. The van der Waals surface area contributed by atoms with Gasteiger partial charge in [-0.25, -0.2) is 0 Å².